The molecule has 35 heavy (non-hydrogen) atoms. The Morgan fingerprint density at radius 1 is 1.06 bits per heavy atom. The summed E-state index contributed by atoms with van der Waals surface area (Å²) in [4.78, 5) is 28.7. The van der Waals surface area contributed by atoms with Crippen LogP contribution in [0.1, 0.15) is 24.4 Å². The van der Waals surface area contributed by atoms with Gasteiger partial charge in [-0.1, -0.05) is 12.1 Å². The SMILES string of the molecule is COc1ccc([C@H](CNC(=O)COc2cccc(N3CCCC3=O)c2)N2CCOCC2)cc1OC. The molecule has 2 aliphatic heterocycles. The molecule has 2 fully saturated rings. The molecule has 1 N–H and O–H groups in total. The van der Waals surface area contributed by atoms with Crippen molar-refractivity contribution in [3.8, 4) is 17.2 Å². The maximum atomic E-state index is 12.7. The Hall–Kier alpha value is -3.30. The molecule has 188 valence electrons. The number of methoxy groups -OCH3 is 2. The van der Waals surface area contributed by atoms with Crippen LogP contribution < -0.4 is 24.4 Å². The van der Waals surface area contributed by atoms with Crippen LogP contribution in [0.15, 0.2) is 42.5 Å². The van der Waals surface area contributed by atoms with E-state index >= 15 is 0 Å². The van der Waals surface area contributed by atoms with Crippen molar-refractivity contribution in [3.05, 3.63) is 48.0 Å². The molecule has 4 rings (SSSR count). The van der Waals surface area contributed by atoms with E-state index in [2.05, 4.69) is 10.2 Å². The maximum absolute atomic E-state index is 12.7. The van der Waals surface area contributed by atoms with Gasteiger partial charge in [0.05, 0.1) is 33.5 Å². The highest BCUT2D eigenvalue weighted by molar-refractivity contribution is 5.95. The number of hydrogen-bond acceptors (Lipinski definition) is 7. The fraction of sp³-hybridized carbons (Fsp3) is 0.462. The standard InChI is InChI=1S/C26H33N3O6/c1-32-23-9-8-19(15-24(23)33-2)22(28-11-13-34-14-12-28)17-27-25(30)18-35-21-6-3-5-20(16-21)29-10-4-7-26(29)31/h3,5-6,8-9,15-16,22H,4,7,10-14,17-18H2,1-2H3,(H,27,30)/t22-/m0/s1. The number of ether oxygens (including phenoxy) is 4. The first-order valence-electron chi connectivity index (χ1n) is 11.9. The lowest BCUT2D eigenvalue weighted by Crippen LogP contribution is -2.44. The summed E-state index contributed by atoms with van der Waals surface area (Å²) in [5.74, 6) is 1.76. The third-order valence-corrected chi connectivity index (χ3v) is 6.34. The van der Waals surface area contributed by atoms with E-state index in [1.54, 1.807) is 31.3 Å². The van der Waals surface area contributed by atoms with Crippen LogP contribution in [-0.2, 0) is 14.3 Å². The molecule has 2 saturated heterocycles. The van der Waals surface area contributed by atoms with E-state index in [0.717, 1.165) is 30.8 Å². The molecule has 2 aromatic rings. The van der Waals surface area contributed by atoms with E-state index in [1.807, 2.05) is 30.3 Å². The zero-order valence-corrected chi connectivity index (χ0v) is 20.3. The van der Waals surface area contributed by atoms with Crippen LogP contribution in [0, 0.1) is 0 Å². The van der Waals surface area contributed by atoms with Crippen molar-refractivity contribution < 1.29 is 28.5 Å². The first kappa shape index (κ1) is 24.8. The van der Waals surface area contributed by atoms with Crippen LogP contribution in [0.2, 0.25) is 0 Å². The predicted octanol–water partition coefficient (Wildman–Crippen LogP) is 2.40. The Kier molecular flexibility index (Phi) is 8.44. The van der Waals surface area contributed by atoms with Gasteiger partial charge < -0.3 is 29.2 Å². The molecule has 9 heteroatoms. The first-order chi connectivity index (χ1) is 17.1. The van der Waals surface area contributed by atoms with Crippen molar-refractivity contribution in [2.45, 2.75) is 18.9 Å². The Labute approximate surface area is 205 Å². The molecule has 2 aromatic carbocycles. The molecule has 1 atom stereocenters. The monoisotopic (exact) mass is 483 g/mol. The number of carbonyl (C=O) groups excluding carboxylic acids is 2. The van der Waals surface area contributed by atoms with Gasteiger partial charge in [-0.25, -0.2) is 0 Å². The second-order valence-electron chi connectivity index (χ2n) is 8.52. The predicted molar refractivity (Wildman–Crippen MR) is 131 cm³/mol. The molecule has 0 aliphatic carbocycles. The van der Waals surface area contributed by atoms with Crippen molar-refractivity contribution in [1.82, 2.24) is 10.2 Å². The lowest BCUT2D eigenvalue weighted by molar-refractivity contribution is -0.123. The molecule has 0 saturated carbocycles. The summed E-state index contributed by atoms with van der Waals surface area (Å²) < 4.78 is 22.1. The van der Waals surface area contributed by atoms with E-state index in [4.69, 9.17) is 18.9 Å². The maximum Gasteiger partial charge on any atom is 0.258 e. The minimum absolute atomic E-state index is 0.0489. The van der Waals surface area contributed by atoms with Crippen LogP contribution in [-0.4, -0.2) is 76.9 Å². The van der Waals surface area contributed by atoms with E-state index < -0.39 is 0 Å². The second-order valence-corrected chi connectivity index (χ2v) is 8.52. The number of hydrogen-bond donors (Lipinski definition) is 1. The Balaban J connectivity index is 1.38. The fourth-order valence-corrected chi connectivity index (χ4v) is 4.48. The average Bonchev–Trinajstić information content (AvgIpc) is 3.34. The van der Waals surface area contributed by atoms with E-state index in [0.29, 0.717) is 50.0 Å². The van der Waals surface area contributed by atoms with E-state index in [9.17, 15) is 9.59 Å². The second kappa shape index (κ2) is 11.9. The molecule has 0 aromatic heterocycles. The number of benzene rings is 2. The largest absolute Gasteiger partial charge is 0.493 e. The molecule has 9 nitrogen and oxygen atoms in total. The highest BCUT2D eigenvalue weighted by Crippen LogP contribution is 2.32. The van der Waals surface area contributed by atoms with Crippen LogP contribution in [0.5, 0.6) is 17.2 Å². The zero-order chi connectivity index (χ0) is 24.6. The molecule has 0 spiro atoms. The molecular formula is C26H33N3O6. The van der Waals surface area contributed by atoms with Crippen LogP contribution in [0.3, 0.4) is 0 Å². The average molecular weight is 484 g/mol. The topological polar surface area (TPSA) is 89.6 Å². The molecule has 2 heterocycles. The molecule has 2 amide bonds. The summed E-state index contributed by atoms with van der Waals surface area (Å²) in [7, 11) is 3.22. The van der Waals surface area contributed by atoms with E-state index in [1.165, 1.54) is 0 Å². The number of morpholine rings is 1. The third-order valence-electron chi connectivity index (χ3n) is 6.34. The molecule has 0 radical (unpaired) electrons. The van der Waals surface area contributed by atoms with Gasteiger partial charge in [0.25, 0.3) is 5.91 Å². The minimum atomic E-state index is -0.216. The summed E-state index contributed by atoms with van der Waals surface area (Å²) in [5, 5.41) is 3.01. The summed E-state index contributed by atoms with van der Waals surface area (Å²) in [6.45, 7) is 3.86. The quantitative estimate of drug-likeness (QED) is 0.555. The molecular weight excluding hydrogens is 450 g/mol. The van der Waals surface area contributed by atoms with Crippen molar-refractivity contribution >= 4 is 17.5 Å². The van der Waals surface area contributed by atoms with Gasteiger partial charge in [0.1, 0.15) is 5.75 Å². The number of nitrogens with zero attached hydrogens (tertiary/aromatic N) is 2. The summed E-state index contributed by atoms with van der Waals surface area (Å²) in [5.41, 5.74) is 1.82. The molecule has 0 unspecified atom stereocenters. The number of amides is 2. The lowest BCUT2D eigenvalue weighted by Gasteiger charge is -2.35. The van der Waals surface area contributed by atoms with Gasteiger partial charge in [-0.2, -0.15) is 0 Å². The smallest absolute Gasteiger partial charge is 0.258 e. The minimum Gasteiger partial charge on any atom is -0.493 e. The summed E-state index contributed by atoms with van der Waals surface area (Å²) >= 11 is 0. The number of nitrogens with one attached hydrogen (secondary N) is 1. The van der Waals surface area contributed by atoms with Crippen molar-refractivity contribution in [2.24, 2.45) is 0 Å². The van der Waals surface area contributed by atoms with Gasteiger partial charge >= 0.3 is 0 Å². The van der Waals surface area contributed by atoms with Crippen molar-refractivity contribution in [1.29, 1.82) is 0 Å². The van der Waals surface area contributed by atoms with Gasteiger partial charge in [-0.15, -0.1) is 0 Å². The lowest BCUT2D eigenvalue weighted by atomic mass is 10.0. The van der Waals surface area contributed by atoms with Crippen molar-refractivity contribution in [2.75, 3.05) is 65.1 Å². The summed E-state index contributed by atoms with van der Waals surface area (Å²) in [6, 6.07) is 13.1. The van der Waals surface area contributed by atoms with Gasteiger partial charge in [-0.3, -0.25) is 14.5 Å². The summed E-state index contributed by atoms with van der Waals surface area (Å²) in [6.07, 6.45) is 1.43. The zero-order valence-electron chi connectivity index (χ0n) is 20.3. The van der Waals surface area contributed by atoms with Gasteiger partial charge in [-0.05, 0) is 36.2 Å². The fourth-order valence-electron chi connectivity index (χ4n) is 4.48. The molecule has 2 aliphatic rings. The number of carbonyl (C=O) groups is 2. The van der Waals surface area contributed by atoms with Crippen LogP contribution in [0.4, 0.5) is 5.69 Å². The van der Waals surface area contributed by atoms with Crippen LogP contribution in [0.25, 0.3) is 0 Å². The van der Waals surface area contributed by atoms with Gasteiger partial charge in [0.2, 0.25) is 5.91 Å². The normalized spacial score (nSPS) is 17.2. The first-order valence-corrected chi connectivity index (χ1v) is 11.9. The van der Waals surface area contributed by atoms with Gasteiger partial charge in [0.15, 0.2) is 18.1 Å². The number of anilines is 1. The Bertz CT molecular complexity index is 1020. The van der Waals surface area contributed by atoms with Crippen molar-refractivity contribution in [3.63, 3.8) is 0 Å². The third kappa shape index (κ3) is 6.23. The highest BCUT2D eigenvalue weighted by atomic mass is 16.5. The number of rotatable bonds is 10. The van der Waals surface area contributed by atoms with Crippen LogP contribution >= 0.6 is 0 Å². The Morgan fingerprint density at radius 3 is 2.57 bits per heavy atom. The highest BCUT2D eigenvalue weighted by Gasteiger charge is 2.25. The van der Waals surface area contributed by atoms with Gasteiger partial charge in [0, 0.05) is 44.4 Å². The molecule has 0 bridgehead atoms. The van der Waals surface area contributed by atoms with E-state index in [-0.39, 0.29) is 24.5 Å². The Morgan fingerprint density at radius 2 is 1.86 bits per heavy atom.